The van der Waals surface area contributed by atoms with Crippen LogP contribution in [0.3, 0.4) is 0 Å². The largest absolute Gasteiger partial charge is 0.321 e. The van der Waals surface area contributed by atoms with Crippen LogP contribution in [0.4, 0.5) is 5.69 Å². The quantitative estimate of drug-likeness (QED) is 0.644. The molecule has 29 heavy (non-hydrogen) atoms. The van der Waals surface area contributed by atoms with Gasteiger partial charge in [-0.15, -0.1) is 11.3 Å². The fourth-order valence-corrected chi connectivity index (χ4v) is 5.64. The van der Waals surface area contributed by atoms with Crippen molar-refractivity contribution in [2.45, 2.75) is 31.7 Å². The van der Waals surface area contributed by atoms with Crippen LogP contribution in [-0.2, 0) is 17.6 Å². The lowest BCUT2D eigenvalue weighted by molar-refractivity contribution is -0.928. The van der Waals surface area contributed by atoms with Crippen molar-refractivity contribution in [1.82, 2.24) is 0 Å². The van der Waals surface area contributed by atoms with E-state index in [9.17, 15) is 4.79 Å². The average molecular weight is 404 g/mol. The van der Waals surface area contributed by atoms with Crippen LogP contribution in [0.2, 0.25) is 0 Å². The van der Waals surface area contributed by atoms with Gasteiger partial charge in [0, 0.05) is 28.5 Å². The van der Waals surface area contributed by atoms with Gasteiger partial charge in [0.15, 0.2) is 6.54 Å². The zero-order valence-electron chi connectivity index (χ0n) is 16.6. The van der Waals surface area contributed by atoms with Crippen molar-refractivity contribution in [3.05, 3.63) is 87.6 Å². The van der Waals surface area contributed by atoms with Gasteiger partial charge in [-0.05, 0) is 47.9 Å². The zero-order chi connectivity index (χ0) is 19.6. The van der Waals surface area contributed by atoms with Gasteiger partial charge in [-0.2, -0.15) is 0 Å². The molecule has 0 spiro atoms. The van der Waals surface area contributed by atoms with E-state index < -0.39 is 0 Å². The van der Waals surface area contributed by atoms with Crippen LogP contribution in [0.15, 0.2) is 66.0 Å². The van der Waals surface area contributed by atoms with Crippen LogP contribution in [0.1, 0.15) is 40.5 Å². The Morgan fingerprint density at radius 2 is 1.83 bits per heavy atom. The summed E-state index contributed by atoms with van der Waals surface area (Å²) in [6.07, 6.45) is 4.55. The molecule has 0 saturated heterocycles. The molecule has 2 atom stereocenters. The number of quaternary nitrogens is 1. The van der Waals surface area contributed by atoms with Crippen molar-refractivity contribution >= 4 is 22.9 Å². The molecule has 1 aromatic heterocycles. The lowest BCUT2D eigenvalue weighted by Crippen LogP contribution is -3.14. The van der Waals surface area contributed by atoms with E-state index in [1.807, 2.05) is 35.6 Å². The topological polar surface area (TPSA) is 33.5 Å². The van der Waals surface area contributed by atoms with E-state index in [-0.39, 0.29) is 5.91 Å². The highest BCUT2D eigenvalue weighted by Crippen LogP contribution is 2.42. The molecule has 1 unspecified atom stereocenters. The summed E-state index contributed by atoms with van der Waals surface area (Å²) in [5, 5.41) is 5.44. The normalized spacial score (nSPS) is 20.8. The number of amides is 1. The van der Waals surface area contributed by atoms with Gasteiger partial charge in [0.05, 0.1) is 6.54 Å². The number of carbonyl (C=O) groups is 1. The molecule has 1 fully saturated rings. The maximum atomic E-state index is 13.0. The Morgan fingerprint density at radius 1 is 1.03 bits per heavy atom. The molecule has 5 rings (SSSR count). The van der Waals surface area contributed by atoms with Crippen molar-refractivity contribution < 1.29 is 9.69 Å². The SMILES string of the molecule is O=C(C[NH+]1CCc2sccc2[C@@H]1C1CC1)Nc1ccccc1Cc1ccccc1. The van der Waals surface area contributed by atoms with Crippen LogP contribution in [-0.4, -0.2) is 19.0 Å². The van der Waals surface area contributed by atoms with Crippen molar-refractivity contribution in [3.8, 4) is 0 Å². The number of carbonyl (C=O) groups excluding carboxylic acids is 1. The second-order valence-electron chi connectivity index (χ2n) is 8.32. The van der Waals surface area contributed by atoms with Crippen LogP contribution in [0.5, 0.6) is 0 Å². The molecule has 3 aromatic rings. The summed E-state index contributed by atoms with van der Waals surface area (Å²) in [7, 11) is 0. The van der Waals surface area contributed by atoms with Crippen LogP contribution < -0.4 is 10.2 Å². The minimum atomic E-state index is 0.129. The Morgan fingerprint density at radius 3 is 2.66 bits per heavy atom. The third-order valence-corrected chi connectivity index (χ3v) is 7.23. The van der Waals surface area contributed by atoms with E-state index in [0.717, 1.165) is 31.0 Å². The number of hydrogen-bond donors (Lipinski definition) is 2. The van der Waals surface area contributed by atoms with E-state index >= 15 is 0 Å². The predicted octanol–water partition coefficient (Wildman–Crippen LogP) is 3.87. The lowest BCUT2D eigenvalue weighted by Gasteiger charge is -2.32. The first-order valence-corrected chi connectivity index (χ1v) is 11.5. The molecule has 2 aliphatic rings. The fraction of sp³-hybridized carbons (Fsp3) is 0.320. The van der Waals surface area contributed by atoms with E-state index in [0.29, 0.717) is 12.6 Å². The average Bonchev–Trinajstić information content (AvgIpc) is 3.46. The molecule has 2 N–H and O–H groups in total. The third-order valence-electron chi connectivity index (χ3n) is 6.24. The highest BCUT2D eigenvalue weighted by Gasteiger charge is 2.43. The smallest absolute Gasteiger partial charge is 0.279 e. The summed E-state index contributed by atoms with van der Waals surface area (Å²) in [4.78, 5) is 16.0. The molecule has 148 valence electrons. The van der Waals surface area contributed by atoms with Crippen molar-refractivity contribution in [3.63, 3.8) is 0 Å². The summed E-state index contributed by atoms with van der Waals surface area (Å²) < 4.78 is 0. The Hall–Kier alpha value is -2.43. The molecule has 0 bridgehead atoms. The number of rotatable bonds is 6. The summed E-state index contributed by atoms with van der Waals surface area (Å²) in [6.45, 7) is 1.61. The standard InChI is InChI=1S/C25H26N2OS/c28-24(17-27-14-12-23-21(13-15-29-23)25(27)19-10-11-19)26-22-9-5-4-8-20(22)16-18-6-2-1-3-7-18/h1-9,13,15,19,25H,10-12,14,16-17H2,(H,26,28)/p+1/t25-/m0/s1. The highest BCUT2D eigenvalue weighted by atomic mass is 32.1. The first kappa shape index (κ1) is 18.6. The van der Waals surface area contributed by atoms with E-state index in [4.69, 9.17) is 0 Å². The molecule has 1 saturated carbocycles. The number of para-hydroxylation sites is 1. The minimum Gasteiger partial charge on any atom is -0.321 e. The van der Waals surface area contributed by atoms with E-state index in [2.05, 4.69) is 47.1 Å². The second kappa shape index (κ2) is 8.13. The molecule has 1 amide bonds. The molecule has 1 aliphatic carbocycles. The van der Waals surface area contributed by atoms with Crippen molar-refractivity contribution in [2.24, 2.45) is 5.92 Å². The molecule has 3 nitrogen and oxygen atoms in total. The number of hydrogen-bond acceptors (Lipinski definition) is 2. The van der Waals surface area contributed by atoms with E-state index in [1.54, 1.807) is 4.88 Å². The van der Waals surface area contributed by atoms with Gasteiger partial charge in [0.1, 0.15) is 6.04 Å². The Bertz CT molecular complexity index is 993. The molecular weight excluding hydrogens is 376 g/mol. The summed E-state index contributed by atoms with van der Waals surface area (Å²) >= 11 is 1.89. The Labute approximate surface area is 176 Å². The van der Waals surface area contributed by atoms with Crippen LogP contribution >= 0.6 is 11.3 Å². The second-order valence-corrected chi connectivity index (χ2v) is 9.32. The number of anilines is 1. The molecular formula is C25H27N2OS+. The van der Waals surface area contributed by atoms with Crippen molar-refractivity contribution in [2.75, 3.05) is 18.4 Å². The molecule has 0 radical (unpaired) electrons. The molecule has 2 aromatic carbocycles. The van der Waals surface area contributed by atoms with Gasteiger partial charge in [0.25, 0.3) is 5.91 Å². The van der Waals surface area contributed by atoms with Gasteiger partial charge < -0.3 is 10.2 Å². The molecule has 1 aliphatic heterocycles. The number of nitrogens with one attached hydrogen (secondary N) is 2. The molecule has 2 heterocycles. The highest BCUT2D eigenvalue weighted by molar-refractivity contribution is 7.10. The number of benzene rings is 2. The maximum Gasteiger partial charge on any atom is 0.279 e. The summed E-state index contributed by atoms with van der Waals surface area (Å²) in [5.74, 6) is 0.890. The summed E-state index contributed by atoms with van der Waals surface area (Å²) in [6, 6.07) is 21.4. The predicted molar refractivity (Wildman–Crippen MR) is 119 cm³/mol. The van der Waals surface area contributed by atoms with E-state index in [1.165, 1.54) is 34.4 Å². The van der Waals surface area contributed by atoms with Crippen molar-refractivity contribution in [1.29, 1.82) is 0 Å². The first-order chi connectivity index (χ1) is 14.3. The number of thiophene rings is 1. The van der Waals surface area contributed by atoms with Gasteiger partial charge in [0.2, 0.25) is 0 Å². The van der Waals surface area contributed by atoms with Gasteiger partial charge in [-0.3, -0.25) is 4.79 Å². The van der Waals surface area contributed by atoms with Gasteiger partial charge in [-0.25, -0.2) is 0 Å². The van der Waals surface area contributed by atoms with Crippen LogP contribution in [0, 0.1) is 5.92 Å². The Balaban J connectivity index is 1.29. The minimum absolute atomic E-state index is 0.129. The molecule has 4 heteroatoms. The first-order valence-electron chi connectivity index (χ1n) is 10.6. The monoisotopic (exact) mass is 403 g/mol. The number of fused-ring (bicyclic) bond motifs is 1. The zero-order valence-corrected chi connectivity index (χ0v) is 17.4. The van der Waals surface area contributed by atoms with Gasteiger partial charge >= 0.3 is 0 Å². The fourth-order valence-electron chi connectivity index (χ4n) is 4.71. The lowest BCUT2D eigenvalue weighted by atomic mass is 9.96. The van der Waals surface area contributed by atoms with Gasteiger partial charge in [-0.1, -0.05) is 48.5 Å². The summed E-state index contributed by atoms with van der Waals surface area (Å²) in [5.41, 5.74) is 4.88. The maximum absolute atomic E-state index is 13.0. The van der Waals surface area contributed by atoms with Crippen LogP contribution in [0.25, 0.3) is 0 Å². The third kappa shape index (κ3) is 4.14. The Kier molecular flexibility index (Phi) is 5.21.